The average Bonchev–Trinajstić information content (AvgIpc) is 3.45. The van der Waals surface area contributed by atoms with Gasteiger partial charge in [-0.15, -0.1) is 23.2 Å². The third-order valence-corrected chi connectivity index (χ3v) is 6.48. The number of halogens is 5. The zero-order valence-corrected chi connectivity index (χ0v) is 25.2. The molecule has 14 heteroatoms. The van der Waals surface area contributed by atoms with E-state index in [1.165, 1.54) is 59.7 Å². The molecule has 1 aliphatic carbocycles. The van der Waals surface area contributed by atoms with Gasteiger partial charge in [0.15, 0.2) is 11.6 Å². The molecule has 0 aliphatic heterocycles. The van der Waals surface area contributed by atoms with Gasteiger partial charge >= 0.3 is 12.2 Å². The van der Waals surface area contributed by atoms with Crippen molar-refractivity contribution in [3.8, 4) is 0 Å². The molecule has 1 aliphatic rings. The molecule has 41 heavy (non-hydrogen) atoms. The van der Waals surface area contributed by atoms with Crippen LogP contribution in [0.5, 0.6) is 0 Å². The number of alkyl halides is 2. The molecule has 9 nitrogen and oxygen atoms in total. The molecular weight excluding hydrogens is 607 g/mol. The number of amides is 4. The van der Waals surface area contributed by atoms with Crippen LogP contribution in [0.4, 0.5) is 35.4 Å². The van der Waals surface area contributed by atoms with Gasteiger partial charge in [-0.05, 0) is 78.3 Å². The summed E-state index contributed by atoms with van der Waals surface area (Å²) >= 11 is 18.0. The maximum absolute atomic E-state index is 15.7. The Hall–Kier alpha value is -3.15. The lowest BCUT2D eigenvalue weighted by Crippen LogP contribution is -2.44. The number of carbonyl (C=O) groups excluding carboxylic acids is 4. The highest BCUT2D eigenvalue weighted by atomic mass is 35.5. The van der Waals surface area contributed by atoms with Gasteiger partial charge in [0.25, 0.3) is 5.91 Å². The maximum Gasteiger partial charge on any atom is 0.424 e. The molecule has 0 saturated heterocycles. The van der Waals surface area contributed by atoms with E-state index in [1.54, 1.807) is 0 Å². The number of anilines is 3. The second-order valence-corrected chi connectivity index (χ2v) is 13.2. The number of carbonyl (C=O) groups is 4. The normalized spacial score (nSPS) is 15.9. The van der Waals surface area contributed by atoms with Crippen LogP contribution >= 0.6 is 34.8 Å². The lowest BCUT2D eigenvalue weighted by Gasteiger charge is -2.29. The highest BCUT2D eigenvalue weighted by Crippen LogP contribution is 2.53. The molecule has 1 atom stereocenters. The SMILES string of the molecule is CC(C)(C)OC(=O)N(C(=O)OC(C)(C)C)c1c(F)ccc(NC(=O)c2cc(NC(=O)[C@H]3CC3(Cl)Cl)ccc2Cl)c1F. The van der Waals surface area contributed by atoms with Crippen LogP contribution in [0, 0.1) is 17.6 Å². The van der Waals surface area contributed by atoms with Gasteiger partial charge in [-0.25, -0.2) is 18.4 Å². The molecule has 3 rings (SSSR count). The summed E-state index contributed by atoms with van der Waals surface area (Å²) in [6.07, 6.45) is -2.56. The molecule has 2 aromatic rings. The summed E-state index contributed by atoms with van der Waals surface area (Å²) in [5.74, 6) is -4.83. The van der Waals surface area contributed by atoms with Crippen molar-refractivity contribution in [2.24, 2.45) is 5.92 Å². The fourth-order valence-corrected chi connectivity index (χ4v) is 4.12. The van der Waals surface area contributed by atoms with E-state index in [0.717, 1.165) is 12.1 Å². The van der Waals surface area contributed by atoms with Gasteiger partial charge in [-0.3, -0.25) is 9.59 Å². The Morgan fingerprint density at radius 3 is 1.95 bits per heavy atom. The number of hydrogen-bond donors (Lipinski definition) is 2. The van der Waals surface area contributed by atoms with E-state index in [4.69, 9.17) is 44.3 Å². The number of rotatable bonds is 5. The van der Waals surface area contributed by atoms with E-state index in [2.05, 4.69) is 10.6 Å². The van der Waals surface area contributed by atoms with E-state index < -0.39 is 68.5 Å². The van der Waals surface area contributed by atoms with E-state index in [9.17, 15) is 19.2 Å². The fraction of sp³-hybridized carbons (Fsp3) is 0.407. The van der Waals surface area contributed by atoms with E-state index in [0.29, 0.717) is 0 Å². The minimum absolute atomic E-state index is 0.0529. The Labute approximate surface area is 250 Å². The predicted octanol–water partition coefficient (Wildman–Crippen LogP) is 7.68. The van der Waals surface area contributed by atoms with Gasteiger partial charge in [-0.1, -0.05) is 11.6 Å². The molecule has 2 N–H and O–H groups in total. The maximum atomic E-state index is 15.7. The molecule has 0 heterocycles. The van der Waals surface area contributed by atoms with Crippen molar-refractivity contribution in [1.29, 1.82) is 0 Å². The Kier molecular flexibility index (Phi) is 9.17. The Morgan fingerprint density at radius 2 is 1.46 bits per heavy atom. The summed E-state index contributed by atoms with van der Waals surface area (Å²) in [6, 6.07) is 5.63. The molecule has 4 amide bonds. The van der Waals surface area contributed by atoms with Crippen LogP contribution in [0.3, 0.4) is 0 Å². The molecule has 1 fully saturated rings. The summed E-state index contributed by atoms with van der Waals surface area (Å²) in [6.45, 7) is 8.97. The topological polar surface area (TPSA) is 114 Å². The number of hydrogen-bond acceptors (Lipinski definition) is 6. The molecular formula is C27H28Cl3F2N3O6. The monoisotopic (exact) mass is 633 g/mol. The molecule has 0 radical (unpaired) electrons. The molecule has 222 valence electrons. The third kappa shape index (κ3) is 8.21. The van der Waals surface area contributed by atoms with Crippen LogP contribution in [-0.2, 0) is 14.3 Å². The number of nitrogens with zero attached hydrogens (tertiary/aromatic N) is 1. The van der Waals surface area contributed by atoms with Crippen LogP contribution < -0.4 is 15.5 Å². The summed E-state index contributed by atoms with van der Waals surface area (Å²) in [5.41, 5.74) is -4.00. The van der Waals surface area contributed by atoms with Gasteiger partial charge in [0.2, 0.25) is 5.91 Å². The molecule has 0 unspecified atom stereocenters. The first-order chi connectivity index (χ1) is 18.7. The summed E-state index contributed by atoms with van der Waals surface area (Å²) in [5, 5.41) is 4.76. The Bertz CT molecular complexity index is 1380. The van der Waals surface area contributed by atoms with Gasteiger partial charge in [0.05, 0.1) is 22.2 Å². The lowest BCUT2D eigenvalue weighted by atomic mass is 10.1. The lowest BCUT2D eigenvalue weighted by molar-refractivity contribution is -0.117. The van der Waals surface area contributed by atoms with Crippen molar-refractivity contribution in [3.63, 3.8) is 0 Å². The van der Waals surface area contributed by atoms with Crippen molar-refractivity contribution < 1.29 is 37.4 Å². The van der Waals surface area contributed by atoms with Gasteiger partial charge in [0, 0.05) is 5.69 Å². The van der Waals surface area contributed by atoms with Crippen LogP contribution in [0.2, 0.25) is 5.02 Å². The van der Waals surface area contributed by atoms with E-state index in [-0.39, 0.29) is 27.6 Å². The second-order valence-electron chi connectivity index (χ2n) is 11.2. The first-order valence-electron chi connectivity index (χ1n) is 12.2. The van der Waals surface area contributed by atoms with Crippen molar-refractivity contribution in [3.05, 3.63) is 52.6 Å². The third-order valence-electron chi connectivity index (χ3n) is 5.31. The highest BCUT2D eigenvalue weighted by Gasteiger charge is 2.56. The molecule has 2 aromatic carbocycles. The zero-order valence-electron chi connectivity index (χ0n) is 23.0. The highest BCUT2D eigenvalue weighted by molar-refractivity contribution is 6.52. The smallest absolute Gasteiger partial charge is 0.424 e. The minimum atomic E-state index is -1.47. The minimum Gasteiger partial charge on any atom is -0.443 e. The van der Waals surface area contributed by atoms with E-state index in [1.807, 2.05) is 0 Å². The molecule has 0 aromatic heterocycles. The Morgan fingerprint density at radius 1 is 0.927 bits per heavy atom. The first-order valence-corrected chi connectivity index (χ1v) is 13.4. The van der Waals surface area contributed by atoms with Crippen LogP contribution in [0.15, 0.2) is 30.3 Å². The zero-order chi connectivity index (χ0) is 31.1. The van der Waals surface area contributed by atoms with Crippen molar-refractivity contribution in [1.82, 2.24) is 0 Å². The van der Waals surface area contributed by atoms with Crippen molar-refractivity contribution in [2.45, 2.75) is 63.5 Å². The van der Waals surface area contributed by atoms with Crippen LogP contribution in [-0.4, -0.2) is 39.5 Å². The van der Waals surface area contributed by atoms with Gasteiger partial charge in [-0.2, -0.15) is 4.90 Å². The summed E-state index contributed by atoms with van der Waals surface area (Å²) < 4.78 is 39.9. The van der Waals surface area contributed by atoms with Crippen molar-refractivity contribution >= 4 is 75.9 Å². The number of ether oxygens (including phenoxy) is 2. The van der Waals surface area contributed by atoms with Gasteiger partial charge < -0.3 is 20.1 Å². The fourth-order valence-electron chi connectivity index (χ4n) is 3.41. The van der Waals surface area contributed by atoms with E-state index >= 15 is 8.78 Å². The van der Waals surface area contributed by atoms with Crippen LogP contribution in [0.25, 0.3) is 0 Å². The largest absolute Gasteiger partial charge is 0.443 e. The number of imide groups is 1. The molecule has 1 saturated carbocycles. The predicted molar refractivity (Wildman–Crippen MR) is 152 cm³/mol. The average molecular weight is 635 g/mol. The first kappa shape index (κ1) is 32.4. The summed E-state index contributed by atoms with van der Waals surface area (Å²) in [7, 11) is 0. The standard InChI is InChI=1S/C27H28Cl3F2N3O6/c1-25(2,3)40-23(38)35(24(39)41-26(4,5)6)20-17(31)9-10-18(19(20)32)34-21(36)14-11-13(7-8-16(14)28)33-22(37)15-12-27(15,29)30/h7-11,15H,12H2,1-6H3,(H,33,37)(H,34,36)/t15-/m1/s1. The second kappa shape index (κ2) is 11.6. The quantitative estimate of drug-likeness (QED) is 0.326. The number of benzene rings is 2. The summed E-state index contributed by atoms with van der Waals surface area (Å²) in [4.78, 5) is 51.3. The molecule has 0 spiro atoms. The molecule has 0 bridgehead atoms. The number of nitrogens with one attached hydrogen (secondary N) is 2. The van der Waals surface area contributed by atoms with Crippen molar-refractivity contribution in [2.75, 3.05) is 15.5 Å². The van der Waals surface area contributed by atoms with Crippen LogP contribution in [0.1, 0.15) is 58.3 Å². The Balaban J connectivity index is 1.94. The van der Waals surface area contributed by atoms with Gasteiger partial charge in [0.1, 0.15) is 21.2 Å².